The van der Waals surface area contributed by atoms with E-state index in [1.165, 1.54) is 6.07 Å². The summed E-state index contributed by atoms with van der Waals surface area (Å²) in [4.78, 5) is 12.3. The molecule has 1 amide bonds. The van der Waals surface area contributed by atoms with Crippen molar-refractivity contribution in [2.24, 2.45) is 7.05 Å². The van der Waals surface area contributed by atoms with E-state index in [9.17, 15) is 18.0 Å². The number of carbonyl (C=O) groups is 1. The molecule has 2 heterocycles. The minimum Gasteiger partial charge on any atom is -0.449 e. The van der Waals surface area contributed by atoms with Crippen molar-refractivity contribution in [3.05, 3.63) is 35.4 Å². The van der Waals surface area contributed by atoms with Crippen LogP contribution >= 0.6 is 0 Å². The second kappa shape index (κ2) is 5.43. The first kappa shape index (κ1) is 16.2. The predicted octanol–water partition coefficient (Wildman–Crippen LogP) is 3.26. The Hall–Kier alpha value is -2.71. The second-order valence-corrected chi connectivity index (χ2v) is 5.67. The Kier molecular flexibility index (Phi) is 3.66. The van der Waals surface area contributed by atoms with E-state index in [0.717, 1.165) is 7.05 Å². The lowest BCUT2D eigenvalue weighted by atomic mass is 10.2. The summed E-state index contributed by atoms with van der Waals surface area (Å²) in [6.45, 7) is 3.35. The van der Waals surface area contributed by atoms with Crippen molar-refractivity contribution in [3.63, 3.8) is 0 Å². The molecule has 0 atom stereocenters. The summed E-state index contributed by atoms with van der Waals surface area (Å²) >= 11 is 0. The van der Waals surface area contributed by atoms with Gasteiger partial charge in [-0.3, -0.25) is 4.79 Å². The van der Waals surface area contributed by atoms with Gasteiger partial charge in [0.2, 0.25) is 11.7 Å². The van der Waals surface area contributed by atoms with E-state index in [0.29, 0.717) is 10.4 Å². The van der Waals surface area contributed by atoms with Gasteiger partial charge in [0, 0.05) is 20.9 Å². The number of fused-ring (bicyclic) bond motifs is 1. The molecule has 1 N–H and O–H groups in total. The molecule has 2 aromatic rings. The lowest BCUT2D eigenvalue weighted by Crippen LogP contribution is -2.30. The molecule has 1 aliphatic heterocycles. The number of carbonyl (C=O) groups excluding carboxylic acids is 1. The lowest BCUT2D eigenvalue weighted by Gasteiger charge is -2.16. The number of aryl methyl sites for hydroxylation is 1. The van der Waals surface area contributed by atoms with Crippen molar-refractivity contribution in [1.82, 2.24) is 9.78 Å². The highest BCUT2D eigenvalue weighted by Gasteiger charge is 2.35. The number of halogens is 3. The number of aromatic nitrogens is 2. The van der Waals surface area contributed by atoms with Gasteiger partial charge >= 0.3 is 0 Å². The molecule has 3 rings (SSSR count). The average Bonchev–Trinajstić information content (AvgIpc) is 2.96. The normalized spacial score (nSPS) is 15.0. The summed E-state index contributed by atoms with van der Waals surface area (Å²) in [5.74, 6) is -2.49. The Morgan fingerprint density at radius 3 is 2.71 bits per heavy atom. The molecule has 6 nitrogen and oxygen atoms in total. The van der Waals surface area contributed by atoms with Gasteiger partial charge in [-0.1, -0.05) is 6.07 Å². The van der Waals surface area contributed by atoms with Crippen LogP contribution in [0.1, 0.15) is 36.3 Å². The standard InChI is InChI=1S/C15H14F3N3O3/c1-15(2)23-8-6-4-5-7(11(8)24-15)19-14(22)9-10(12(16)17)20-21(3)13(9)18/h4-6,12H,1-3H3,(H,19,22). The number of hydrogen-bond acceptors (Lipinski definition) is 4. The highest BCUT2D eigenvalue weighted by atomic mass is 19.3. The highest BCUT2D eigenvalue weighted by molar-refractivity contribution is 6.06. The molecule has 0 bridgehead atoms. The number of hydrogen-bond donors (Lipinski definition) is 1. The van der Waals surface area contributed by atoms with Crippen molar-refractivity contribution in [2.45, 2.75) is 26.1 Å². The van der Waals surface area contributed by atoms with Crippen LogP contribution in [0.25, 0.3) is 0 Å². The molecule has 0 saturated carbocycles. The van der Waals surface area contributed by atoms with E-state index in [-0.39, 0.29) is 11.4 Å². The van der Waals surface area contributed by atoms with Crippen LogP contribution in [0.3, 0.4) is 0 Å². The summed E-state index contributed by atoms with van der Waals surface area (Å²) in [7, 11) is 1.14. The minimum atomic E-state index is -3.08. The molecule has 0 aliphatic carbocycles. The third kappa shape index (κ3) is 2.66. The molecule has 0 radical (unpaired) electrons. The van der Waals surface area contributed by atoms with Crippen molar-refractivity contribution in [2.75, 3.05) is 5.32 Å². The van der Waals surface area contributed by atoms with Crippen molar-refractivity contribution in [3.8, 4) is 11.5 Å². The first-order valence-electron chi connectivity index (χ1n) is 7.02. The third-order valence-electron chi connectivity index (χ3n) is 3.37. The molecule has 24 heavy (non-hydrogen) atoms. The Labute approximate surface area is 135 Å². The average molecular weight is 341 g/mol. The number of alkyl halides is 2. The lowest BCUT2D eigenvalue weighted by molar-refractivity contribution is -0.0429. The van der Waals surface area contributed by atoms with Gasteiger partial charge in [0.1, 0.15) is 11.3 Å². The van der Waals surface area contributed by atoms with Crippen molar-refractivity contribution >= 4 is 11.6 Å². The van der Waals surface area contributed by atoms with E-state index in [4.69, 9.17) is 9.47 Å². The summed E-state index contributed by atoms with van der Waals surface area (Å²) in [5.41, 5.74) is -1.53. The summed E-state index contributed by atoms with van der Waals surface area (Å²) in [5, 5.41) is 5.72. The zero-order valence-corrected chi connectivity index (χ0v) is 13.1. The van der Waals surface area contributed by atoms with E-state index in [2.05, 4.69) is 10.4 Å². The monoisotopic (exact) mass is 341 g/mol. The first-order valence-corrected chi connectivity index (χ1v) is 7.02. The van der Waals surface area contributed by atoms with Crippen LogP contribution in [0, 0.1) is 5.95 Å². The minimum absolute atomic E-state index is 0.187. The Morgan fingerprint density at radius 1 is 1.33 bits per heavy atom. The van der Waals surface area contributed by atoms with Crippen LogP contribution < -0.4 is 14.8 Å². The zero-order chi connectivity index (χ0) is 17.6. The fraction of sp³-hybridized carbons (Fsp3) is 0.333. The third-order valence-corrected chi connectivity index (χ3v) is 3.37. The van der Waals surface area contributed by atoms with E-state index in [1.807, 2.05) is 0 Å². The largest absolute Gasteiger partial charge is 0.449 e. The molecule has 128 valence electrons. The number of para-hydroxylation sites is 1. The van der Waals surface area contributed by atoms with E-state index in [1.54, 1.807) is 26.0 Å². The molecular weight excluding hydrogens is 327 g/mol. The number of nitrogens with one attached hydrogen (secondary N) is 1. The van der Waals surface area contributed by atoms with E-state index < -0.39 is 35.3 Å². The quantitative estimate of drug-likeness (QED) is 0.931. The fourth-order valence-corrected chi connectivity index (χ4v) is 2.40. The number of nitrogens with zero attached hydrogens (tertiary/aromatic N) is 2. The second-order valence-electron chi connectivity index (χ2n) is 5.67. The number of rotatable bonds is 3. The van der Waals surface area contributed by atoms with Gasteiger partial charge in [-0.25, -0.2) is 13.5 Å². The van der Waals surface area contributed by atoms with Gasteiger partial charge in [0.15, 0.2) is 11.5 Å². The maximum Gasteiger partial charge on any atom is 0.283 e. The first-order chi connectivity index (χ1) is 11.2. The predicted molar refractivity (Wildman–Crippen MR) is 77.9 cm³/mol. The summed E-state index contributed by atoms with van der Waals surface area (Å²) < 4.78 is 51.6. The number of amides is 1. The molecule has 0 spiro atoms. The molecule has 0 saturated heterocycles. The van der Waals surface area contributed by atoms with E-state index >= 15 is 0 Å². The number of ether oxygens (including phenoxy) is 2. The topological polar surface area (TPSA) is 65.4 Å². The smallest absolute Gasteiger partial charge is 0.283 e. The molecule has 1 aliphatic rings. The van der Waals surface area contributed by atoms with Crippen LogP contribution in [0.15, 0.2) is 18.2 Å². The molecular formula is C15H14F3N3O3. The van der Waals surface area contributed by atoms with Crippen LogP contribution in [0.4, 0.5) is 18.9 Å². The SMILES string of the molecule is Cn1nc(C(F)F)c(C(=O)Nc2cccc3c2OC(C)(C)O3)c1F. The van der Waals surface area contributed by atoms with Crippen LogP contribution in [-0.4, -0.2) is 21.5 Å². The molecule has 9 heteroatoms. The van der Waals surface area contributed by atoms with Gasteiger partial charge in [0.25, 0.3) is 12.3 Å². The number of benzene rings is 1. The van der Waals surface area contributed by atoms with Gasteiger partial charge < -0.3 is 14.8 Å². The number of anilines is 1. The molecule has 0 fully saturated rings. The van der Waals surface area contributed by atoms with Gasteiger partial charge in [-0.15, -0.1) is 0 Å². The van der Waals surface area contributed by atoms with Crippen LogP contribution in [0.5, 0.6) is 11.5 Å². The highest BCUT2D eigenvalue weighted by Crippen LogP contribution is 2.44. The Balaban J connectivity index is 1.95. The van der Waals surface area contributed by atoms with Gasteiger partial charge in [-0.05, 0) is 12.1 Å². The summed E-state index contributed by atoms with van der Waals surface area (Å²) in [6, 6.07) is 4.72. The maximum absolute atomic E-state index is 14.0. The van der Waals surface area contributed by atoms with Crippen molar-refractivity contribution in [1.29, 1.82) is 0 Å². The van der Waals surface area contributed by atoms with Crippen LogP contribution in [0.2, 0.25) is 0 Å². The van der Waals surface area contributed by atoms with Gasteiger partial charge in [0.05, 0.1) is 5.69 Å². The molecule has 1 aromatic heterocycles. The molecule has 0 unspecified atom stereocenters. The Morgan fingerprint density at radius 2 is 2.04 bits per heavy atom. The zero-order valence-electron chi connectivity index (χ0n) is 13.1. The summed E-state index contributed by atoms with van der Waals surface area (Å²) in [6.07, 6.45) is -3.08. The van der Waals surface area contributed by atoms with Gasteiger partial charge in [-0.2, -0.15) is 9.49 Å². The van der Waals surface area contributed by atoms with Crippen molar-refractivity contribution < 1.29 is 27.4 Å². The Bertz CT molecular complexity index is 818. The maximum atomic E-state index is 14.0. The van der Waals surface area contributed by atoms with Crippen LogP contribution in [-0.2, 0) is 7.05 Å². The molecule has 1 aromatic carbocycles. The fourth-order valence-electron chi connectivity index (χ4n) is 2.40.